The maximum Gasteiger partial charge on any atom is 0.416 e. The molecular weight excluding hydrogens is 491 g/mol. The Kier molecular flexibility index (Phi) is 5.87. The maximum absolute atomic E-state index is 13.5. The van der Waals surface area contributed by atoms with Crippen LogP contribution in [0.2, 0.25) is 0 Å². The predicted octanol–water partition coefficient (Wildman–Crippen LogP) is 4.73. The molecule has 0 saturated heterocycles. The molecule has 0 atom stereocenters. The molecule has 0 unspecified atom stereocenters. The van der Waals surface area contributed by atoms with Gasteiger partial charge in [-0.05, 0) is 24.6 Å². The summed E-state index contributed by atoms with van der Waals surface area (Å²) >= 11 is 1.14. The number of fused-ring (bicyclic) bond motifs is 2. The van der Waals surface area contributed by atoms with Crippen molar-refractivity contribution in [3.63, 3.8) is 0 Å². The van der Waals surface area contributed by atoms with Gasteiger partial charge in [0.15, 0.2) is 5.17 Å². The summed E-state index contributed by atoms with van der Waals surface area (Å²) in [4.78, 5) is 29.0. The normalized spacial score (nSPS) is 14.3. The molecule has 0 radical (unpaired) electrons. The Bertz CT molecular complexity index is 1580. The average molecular weight is 512 g/mol. The van der Waals surface area contributed by atoms with E-state index in [0.29, 0.717) is 40.7 Å². The van der Waals surface area contributed by atoms with Crippen LogP contribution in [0.3, 0.4) is 0 Å². The summed E-state index contributed by atoms with van der Waals surface area (Å²) in [6.07, 6.45) is -0.740. The van der Waals surface area contributed by atoms with Crippen molar-refractivity contribution in [1.29, 1.82) is 5.41 Å². The van der Waals surface area contributed by atoms with Crippen LogP contribution < -0.4 is 11.1 Å². The SMILES string of the molecule is N=C(N)SCCCn1cc(C2=C(c3c[nH]c4ccccc34)C(=O)NC2=O)c2ccc(C(F)(F)F)cc21. The van der Waals surface area contributed by atoms with Crippen molar-refractivity contribution < 1.29 is 22.8 Å². The van der Waals surface area contributed by atoms with Crippen molar-refractivity contribution in [3.8, 4) is 0 Å². The number of carbonyl (C=O) groups is 2. The molecule has 5 rings (SSSR count). The number of nitrogens with zero attached hydrogens (tertiary/aromatic N) is 1. The molecule has 0 bridgehead atoms. The Balaban J connectivity index is 1.70. The molecule has 11 heteroatoms. The summed E-state index contributed by atoms with van der Waals surface area (Å²) in [5.74, 6) is -0.664. The number of imide groups is 1. The number of thioether (sulfide) groups is 1. The van der Waals surface area contributed by atoms with Crippen LogP contribution in [0.1, 0.15) is 23.1 Å². The first-order valence-electron chi connectivity index (χ1n) is 11.0. The number of carbonyl (C=O) groups excluding carboxylic acids is 2. The second-order valence-electron chi connectivity index (χ2n) is 8.31. The van der Waals surface area contributed by atoms with Gasteiger partial charge in [0.1, 0.15) is 0 Å². The summed E-state index contributed by atoms with van der Waals surface area (Å²) < 4.78 is 42.1. The van der Waals surface area contributed by atoms with Crippen LogP contribution >= 0.6 is 11.8 Å². The summed E-state index contributed by atoms with van der Waals surface area (Å²) in [7, 11) is 0. The molecule has 1 aliphatic heterocycles. The number of aryl methyl sites for hydroxylation is 1. The van der Waals surface area contributed by atoms with Gasteiger partial charge in [-0.15, -0.1) is 0 Å². The number of hydrogen-bond donors (Lipinski definition) is 4. The zero-order chi connectivity index (χ0) is 25.6. The Hall–Kier alpha value is -3.99. The molecule has 3 heterocycles. The van der Waals surface area contributed by atoms with Crippen LogP contribution in [0, 0.1) is 5.41 Å². The van der Waals surface area contributed by atoms with Crippen molar-refractivity contribution in [2.75, 3.05) is 5.75 Å². The van der Waals surface area contributed by atoms with Gasteiger partial charge in [-0.2, -0.15) is 13.2 Å². The molecule has 2 aromatic carbocycles. The number of rotatable bonds is 6. The van der Waals surface area contributed by atoms with E-state index in [-0.39, 0.29) is 16.3 Å². The topological polar surface area (TPSA) is 117 Å². The van der Waals surface area contributed by atoms with E-state index in [1.807, 2.05) is 24.3 Å². The number of hydrogen-bond acceptors (Lipinski definition) is 4. The highest BCUT2D eigenvalue weighted by atomic mass is 32.2. The smallest absolute Gasteiger partial charge is 0.379 e. The third-order valence-electron chi connectivity index (χ3n) is 6.07. The van der Waals surface area contributed by atoms with E-state index >= 15 is 0 Å². The zero-order valence-electron chi connectivity index (χ0n) is 18.7. The number of alkyl halides is 3. The van der Waals surface area contributed by atoms with E-state index < -0.39 is 23.6 Å². The van der Waals surface area contributed by atoms with Crippen molar-refractivity contribution >= 4 is 61.7 Å². The first-order valence-corrected chi connectivity index (χ1v) is 12.0. The fourth-order valence-corrected chi connectivity index (χ4v) is 5.01. The van der Waals surface area contributed by atoms with E-state index in [1.165, 1.54) is 6.07 Å². The lowest BCUT2D eigenvalue weighted by Crippen LogP contribution is -2.22. The largest absolute Gasteiger partial charge is 0.416 e. The minimum absolute atomic E-state index is 0.0397. The molecule has 4 aromatic rings. The van der Waals surface area contributed by atoms with Crippen LogP contribution in [0.4, 0.5) is 13.2 Å². The van der Waals surface area contributed by atoms with Gasteiger partial charge in [0.25, 0.3) is 11.8 Å². The fourth-order valence-electron chi connectivity index (χ4n) is 4.52. The van der Waals surface area contributed by atoms with Crippen LogP contribution in [0.15, 0.2) is 54.9 Å². The lowest BCUT2D eigenvalue weighted by Gasteiger charge is -2.09. The average Bonchev–Trinajstić information content (AvgIpc) is 3.48. The number of nitrogens with two attached hydrogens (primary N) is 1. The number of amides is 2. The summed E-state index contributed by atoms with van der Waals surface area (Å²) in [5, 5.41) is 10.8. The molecule has 7 nitrogen and oxygen atoms in total. The van der Waals surface area contributed by atoms with E-state index in [4.69, 9.17) is 11.1 Å². The standard InChI is InChI=1S/C25H20F3N5O2S/c26-25(27,28)13-6-7-15-17(12-33(19(15)10-13)8-3-9-36-24(29)30)21-20(22(34)32-23(21)35)16-11-31-18-5-2-1-4-14(16)18/h1-2,4-7,10-12,31H,3,8-9H2,(H3,29,30)(H,32,34,35). The zero-order valence-corrected chi connectivity index (χ0v) is 19.5. The Morgan fingerprint density at radius 1 is 1.03 bits per heavy atom. The molecule has 1 aliphatic rings. The van der Waals surface area contributed by atoms with E-state index in [0.717, 1.165) is 34.8 Å². The molecule has 184 valence electrons. The first kappa shape index (κ1) is 23.7. The Morgan fingerprint density at radius 3 is 2.47 bits per heavy atom. The van der Waals surface area contributed by atoms with Crippen LogP contribution in [0.5, 0.6) is 0 Å². The van der Waals surface area contributed by atoms with Crippen molar-refractivity contribution in [2.24, 2.45) is 5.73 Å². The molecule has 2 amide bonds. The number of aromatic nitrogens is 2. The van der Waals surface area contributed by atoms with Crippen LogP contribution in [-0.4, -0.2) is 32.3 Å². The minimum atomic E-state index is -4.54. The number of H-pyrrole nitrogens is 1. The predicted molar refractivity (Wildman–Crippen MR) is 134 cm³/mol. The molecule has 2 aromatic heterocycles. The van der Waals surface area contributed by atoms with Crippen LogP contribution in [-0.2, 0) is 22.3 Å². The minimum Gasteiger partial charge on any atom is -0.379 e. The third kappa shape index (κ3) is 4.15. The van der Waals surface area contributed by atoms with E-state index in [9.17, 15) is 22.8 Å². The number of nitrogens with one attached hydrogen (secondary N) is 3. The van der Waals surface area contributed by atoms with Gasteiger partial charge in [0.05, 0.1) is 16.7 Å². The van der Waals surface area contributed by atoms with Gasteiger partial charge in [0, 0.05) is 57.6 Å². The van der Waals surface area contributed by atoms with Gasteiger partial charge < -0.3 is 15.3 Å². The molecule has 36 heavy (non-hydrogen) atoms. The van der Waals surface area contributed by atoms with Gasteiger partial charge >= 0.3 is 6.18 Å². The Morgan fingerprint density at radius 2 is 1.75 bits per heavy atom. The summed E-state index contributed by atoms with van der Waals surface area (Å²) in [6.45, 7) is 0.337. The van der Waals surface area contributed by atoms with Gasteiger partial charge in [-0.3, -0.25) is 20.3 Å². The molecule has 0 saturated carbocycles. The lowest BCUT2D eigenvalue weighted by atomic mass is 9.95. The van der Waals surface area contributed by atoms with Gasteiger partial charge in [-0.25, -0.2) is 0 Å². The van der Waals surface area contributed by atoms with E-state index in [1.54, 1.807) is 17.0 Å². The number of aromatic amines is 1. The number of halogens is 3. The highest BCUT2D eigenvalue weighted by molar-refractivity contribution is 8.13. The molecular formula is C25H20F3N5O2S. The number of benzene rings is 2. The maximum atomic E-state index is 13.5. The monoisotopic (exact) mass is 511 g/mol. The first-order chi connectivity index (χ1) is 17.1. The van der Waals surface area contributed by atoms with Crippen molar-refractivity contribution in [2.45, 2.75) is 19.1 Å². The fraction of sp³-hybridized carbons (Fsp3) is 0.160. The van der Waals surface area contributed by atoms with E-state index in [2.05, 4.69) is 10.3 Å². The highest BCUT2D eigenvalue weighted by Gasteiger charge is 2.36. The highest BCUT2D eigenvalue weighted by Crippen LogP contribution is 2.40. The molecule has 0 fully saturated rings. The number of amidine groups is 1. The summed E-state index contributed by atoms with van der Waals surface area (Å²) in [6, 6.07) is 10.7. The third-order valence-corrected chi connectivity index (χ3v) is 6.87. The quantitative estimate of drug-likeness (QED) is 0.130. The molecule has 5 N–H and O–H groups in total. The van der Waals surface area contributed by atoms with Crippen molar-refractivity contribution in [1.82, 2.24) is 14.9 Å². The Labute approximate surface area is 207 Å². The van der Waals surface area contributed by atoms with Crippen LogP contribution in [0.25, 0.3) is 33.0 Å². The second-order valence-corrected chi connectivity index (χ2v) is 9.45. The summed E-state index contributed by atoms with van der Waals surface area (Å²) in [5.41, 5.74) is 6.85. The second kappa shape index (κ2) is 8.90. The molecule has 0 aliphatic carbocycles. The van der Waals surface area contributed by atoms with Gasteiger partial charge in [-0.1, -0.05) is 36.0 Å². The lowest BCUT2D eigenvalue weighted by molar-refractivity contribution is -0.137. The number of para-hydroxylation sites is 1. The van der Waals surface area contributed by atoms with Crippen molar-refractivity contribution in [3.05, 3.63) is 71.5 Å². The molecule has 0 spiro atoms. The van der Waals surface area contributed by atoms with Gasteiger partial charge in [0.2, 0.25) is 0 Å².